The third-order valence-corrected chi connectivity index (χ3v) is 4.81. The van der Waals surface area contributed by atoms with Gasteiger partial charge in [0.15, 0.2) is 4.90 Å². The van der Waals surface area contributed by atoms with Crippen molar-refractivity contribution in [2.75, 3.05) is 18.8 Å². The molecule has 0 aliphatic carbocycles. The van der Waals surface area contributed by atoms with Crippen LogP contribution in [0.15, 0.2) is 28.7 Å². The Morgan fingerprint density at radius 1 is 1.26 bits per heavy atom. The van der Waals surface area contributed by atoms with E-state index in [0.29, 0.717) is 6.42 Å². The molecule has 1 aromatic rings. The zero-order chi connectivity index (χ0) is 14.2. The first-order chi connectivity index (χ1) is 8.82. The van der Waals surface area contributed by atoms with Crippen molar-refractivity contribution in [3.63, 3.8) is 0 Å². The molecular formula is C12H14F2N2O2S. The molecule has 1 aromatic carbocycles. The van der Waals surface area contributed by atoms with Gasteiger partial charge in [0.1, 0.15) is 11.6 Å². The van der Waals surface area contributed by atoms with Crippen LogP contribution in [0, 0.1) is 11.6 Å². The van der Waals surface area contributed by atoms with E-state index in [4.69, 9.17) is 5.73 Å². The number of rotatable bonds is 2. The van der Waals surface area contributed by atoms with Gasteiger partial charge in [-0.2, -0.15) is 4.31 Å². The van der Waals surface area contributed by atoms with Gasteiger partial charge in [0, 0.05) is 18.8 Å². The number of nitrogens with two attached hydrogens (primary N) is 1. The summed E-state index contributed by atoms with van der Waals surface area (Å²) < 4.78 is 53.0. The fourth-order valence-electron chi connectivity index (χ4n) is 2.04. The lowest BCUT2D eigenvalue weighted by Gasteiger charge is -2.25. The van der Waals surface area contributed by atoms with Gasteiger partial charge in [-0.15, -0.1) is 0 Å². The molecule has 104 valence electrons. The van der Waals surface area contributed by atoms with E-state index in [1.54, 1.807) is 6.92 Å². The van der Waals surface area contributed by atoms with E-state index in [1.807, 2.05) is 6.08 Å². The number of hydrogen-bond donors (Lipinski definition) is 1. The van der Waals surface area contributed by atoms with Crippen molar-refractivity contribution < 1.29 is 17.2 Å². The molecule has 1 aliphatic rings. The van der Waals surface area contributed by atoms with Crippen molar-refractivity contribution in [3.8, 4) is 0 Å². The first kappa shape index (κ1) is 14.0. The number of benzene rings is 1. The van der Waals surface area contributed by atoms with Crippen molar-refractivity contribution in [2.24, 2.45) is 0 Å². The molecule has 2 N–H and O–H groups in total. The van der Waals surface area contributed by atoms with Gasteiger partial charge >= 0.3 is 0 Å². The molecular weight excluding hydrogens is 274 g/mol. The van der Waals surface area contributed by atoms with Crippen LogP contribution in [-0.4, -0.2) is 25.8 Å². The van der Waals surface area contributed by atoms with E-state index in [0.717, 1.165) is 22.0 Å². The first-order valence-electron chi connectivity index (χ1n) is 5.72. The maximum Gasteiger partial charge on any atom is 0.249 e. The van der Waals surface area contributed by atoms with E-state index in [2.05, 4.69) is 0 Å². The Bertz CT molecular complexity index is 618. The van der Waals surface area contributed by atoms with Crippen LogP contribution in [0.2, 0.25) is 0 Å². The highest BCUT2D eigenvalue weighted by atomic mass is 32.2. The van der Waals surface area contributed by atoms with Gasteiger partial charge in [0.2, 0.25) is 10.0 Å². The summed E-state index contributed by atoms with van der Waals surface area (Å²) in [6, 6.07) is 1.62. The summed E-state index contributed by atoms with van der Waals surface area (Å²) in [6.07, 6.45) is 2.44. The lowest BCUT2D eigenvalue weighted by Crippen LogP contribution is -2.36. The van der Waals surface area contributed by atoms with E-state index in [9.17, 15) is 17.2 Å². The fraction of sp³-hybridized carbons (Fsp3) is 0.333. The zero-order valence-corrected chi connectivity index (χ0v) is 11.2. The van der Waals surface area contributed by atoms with Gasteiger partial charge in [-0.3, -0.25) is 0 Å². The second-order valence-electron chi connectivity index (χ2n) is 4.49. The minimum absolute atomic E-state index is 0.144. The highest BCUT2D eigenvalue weighted by Gasteiger charge is 2.31. The van der Waals surface area contributed by atoms with Crippen LogP contribution in [0.25, 0.3) is 0 Å². The minimum atomic E-state index is -4.19. The van der Waals surface area contributed by atoms with Crippen molar-refractivity contribution in [3.05, 3.63) is 35.4 Å². The number of hydrogen-bond acceptors (Lipinski definition) is 3. The van der Waals surface area contributed by atoms with E-state index in [1.165, 1.54) is 0 Å². The SMILES string of the molecule is CC1=CCCN(S(=O)(=O)c2c(F)cc(N)cc2F)C1. The van der Waals surface area contributed by atoms with Crippen LogP contribution in [0.4, 0.5) is 14.5 Å². The molecule has 0 saturated carbocycles. The largest absolute Gasteiger partial charge is 0.399 e. The Morgan fingerprint density at radius 2 is 1.84 bits per heavy atom. The van der Waals surface area contributed by atoms with E-state index in [-0.39, 0.29) is 18.8 Å². The molecule has 0 amide bonds. The van der Waals surface area contributed by atoms with E-state index >= 15 is 0 Å². The molecule has 2 rings (SSSR count). The third kappa shape index (κ3) is 2.62. The Hall–Kier alpha value is -1.47. The standard InChI is InChI=1S/C12H14F2N2O2S/c1-8-3-2-4-16(7-8)19(17,18)12-10(13)5-9(15)6-11(12)14/h3,5-6H,2,4,7,15H2,1H3. The normalized spacial score (nSPS) is 17.3. The Labute approximate surface area is 110 Å². The molecule has 0 spiro atoms. The molecule has 0 radical (unpaired) electrons. The molecule has 7 heteroatoms. The maximum atomic E-state index is 13.7. The average Bonchev–Trinajstić information content (AvgIpc) is 2.26. The molecule has 0 aromatic heterocycles. The lowest BCUT2D eigenvalue weighted by molar-refractivity contribution is 0.417. The number of halogens is 2. The number of anilines is 1. The van der Waals surface area contributed by atoms with Gasteiger partial charge in [0.25, 0.3) is 0 Å². The summed E-state index contributed by atoms with van der Waals surface area (Å²) in [7, 11) is -4.19. The van der Waals surface area contributed by atoms with E-state index < -0.39 is 26.6 Å². The Balaban J connectivity index is 2.49. The molecule has 4 nitrogen and oxygen atoms in total. The predicted octanol–water partition coefficient (Wildman–Crippen LogP) is 1.89. The summed E-state index contributed by atoms with van der Waals surface area (Å²) in [4.78, 5) is -0.934. The molecule has 0 fully saturated rings. The van der Waals surface area contributed by atoms with Gasteiger partial charge < -0.3 is 5.73 Å². The van der Waals surface area contributed by atoms with Gasteiger partial charge in [-0.25, -0.2) is 17.2 Å². The molecule has 1 heterocycles. The number of nitrogen functional groups attached to an aromatic ring is 1. The second kappa shape index (κ2) is 4.90. The highest BCUT2D eigenvalue weighted by molar-refractivity contribution is 7.89. The van der Waals surface area contributed by atoms with Crippen molar-refractivity contribution >= 4 is 15.7 Å². The quantitative estimate of drug-likeness (QED) is 0.667. The summed E-state index contributed by atoms with van der Waals surface area (Å²) in [6.45, 7) is 2.13. The van der Waals surface area contributed by atoms with Gasteiger partial charge in [-0.05, 0) is 25.5 Å². The Kier molecular flexibility index (Phi) is 3.60. The molecule has 0 saturated heterocycles. The zero-order valence-electron chi connectivity index (χ0n) is 10.4. The van der Waals surface area contributed by atoms with Crippen LogP contribution in [0.3, 0.4) is 0 Å². The molecule has 19 heavy (non-hydrogen) atoms. The predicted molar refractivity (Wildman–Crippen MR) is 67.9 cm³/mol. The molecule has 0 unspecified atom stereocenters. The Morgan fingerprint density at radius 3 is 2.37 bits per heavy atom. The topological polar surface area (TPSA) is 63.4 Å². The van der Waals surface area contributed by atoms with Crippen molar-refractivity contribution in [1.29, 1.82) is 0 Å². The summed E-state index contributed by atoms with van der Waals surface area (Å²) in [5, 5.41) is 0. The van der Waals surface area contributed by atoms with Gasteiger partial charge in [0.05, 0.1) is 0 Å². The fourth-order valence-corrected chi connectivity index (χ4v) is 3.63. The second-order valence-corrected chi connectivity index (χ2v) is 6.37. The average molecular weight is 288 g/mol. The van der Waals surface area contributed by atoms with Crippen LogP contribution in [0.5, 0.6) is 0 Å². The maximum absolute atomic E-state index is 13.7. The van der Waals surface area contributed by atoms with Crippen LogP contribution >= 0.6 is 0 Å². The lowest BCUT2D eigenvalue weighted by atomic mass is 10.2. The van der Waals surface area contributed by atoms with Crippen LogP contribution in [-0.2, 0) is 10.0 Å². The minimum Gasteiger partial charge on any atom is -0.399 e. The van der Waals surface area contributed by atoms with Crippen LogP contribution in [0.1, 0.15) is 13.3 Å². The smallest absolute Gasteiger partial charge is 0.249 e. The monoisotopic (exact) mass is 288 g/mol. The first-order valence-corrected chi connectivity index (χ1v) is 7.16. The van der Waals surface area contributed by atoms with Crippen LogP contribution < -0.4 is 5.73 Å². The summed E-state index contributed by atoms with van der Waals surface area (Å²) in [5.41, 5.74) is 5.98. The number of nitrogens with zero attached hydrogens (tertiary/aromatic N) is 1. The summed E-state index contributed by atoms with van der Waals surface area (Å²) >= 11 is 0. The van der Waals surface area contributed by atoms with Gasteiger partial charge in [-0.1, -0.05) is 11.6 Å². The summed E-state index contributed by atoms with van der Waals surface area (Å²) in [5.74, 6) is -2.32. The van der Waals surface area contributed by atoms with Crippen molar-refractivity contribution in [1.82, 2.24) is 4.31 Å². The molecule has 1 aliphatic heterocycles. The molecule has 0 bridgehead atoms. The highest BCUT2D eigenvalue weighted by Crippen LogP contribution is 2.26. The van der Waals surface area contributed by atoms with Crippen molar-refractivity contribution in [2.45, 2.75) is 18.2 Å². The third-order valence-electron chi connectivity index (χ3n) is 2.92. The molecule has 0 atom stereocenters. The number of sulfonamides is 1.